The molecule has 0 saturated carbocycles. The minimum absolute atomic E-state index is 0.180. The molecule has 8 nitrogen and oxygen atoms in total. The standard InChI is InChI=1S/C18H28N6O2/c25-17(21-13-5-9-19-10-6-13)23-15-3-1-2-4-16(15)24-18(26)22-14-7-11-20-12-8-14/h1-4,13-14,19-20H,5-12H2,(H2,21,23,25)(H2,22,24,26). The molecule has 0 unspecified atom stereocenters. The van der Waals surface area contributed by atoms with Gasteiger partial charge in [0.2, 0.25) is 0 Å². The Kier molecular flexibility index (Phi) is 6.68. The van der Waals surface area contributed by atoms with E-state index in [4.69, 9.17) is 0 Å². The van der Waals surface area contributed by atoms with Gasteiger partial charge in [-0.05, 0) is 64.0 Å². The van der Waals surface area contributed by atoms with E-state index in [0.29, 0.717) is 11.4 Å². The number of nitrogens with one attached hydrogen (secondary N) is 6. The lowest BCUT2D eigenvalue weighted by atomic mass is 10.1. The first kappa shape index (κ1) is 18.5. The second kappa shape index (κ2) is 9.40. The lowest BCUT2D eigenvalue weighted by Gasteiger charge is -2.25. The summed E-state index contributed by atoms with van der Waals surface area (Å²) in [6, 6.07) is 7.09. The van der Waals surface area contributed by atoms with Crippen molar-refractivity contribution in [1.82, 2.24) is 21.3 Å². The van der Waals surface area contributed by atoms with E-state index < -0.39 is 0 Å². The molecule has 2 aliphatic heterocycles. The number of anilines is 2. The van der Waals surface area contributed by atoms with Gasteiger partial charge in [0.25, 0.3) is 0 Å². The van der Waals surface area contributed by atoms with E-state index in [1.165, 1.54) is 0 Å². The van der Waals surface area contributed by atoms with Gasteiger partial charge in [-0.2, -0.15) is 0 Å². The molecule has 0 aliphatic carbocycles. The van der Waals surface area contributed by atoms with Gasteiger partial charge >= 0.3 is 12.1 Å². The predicted molar refractivity (Wildman–Crippen MR) is 103 cm³/mol. The zero-order chi connectivity index (χ0) is 18.2. The summed E-state index contributed by atoms with van der Waals surface area (Å²) in [5, 5.41) is 18.2. The van der Waals surface area contributed by atoms with Crippen LogP contribution in [0.25, 0.3) is 0 Å². The van der Waals surface area contributed by atoms with E-state index in [0.717, 1.165) is 51.9 Å². The molecule has 0 bridgehead atoms. The summed E-state index contributed by atoms with van der Waals surface area (Å²) in [7, 11) is 0. The first-order chi connectivity index (χ1) is 12.7. The van der Waals surface area contributed by atoms with Gasteiger partial charge in [-0.3, -0.25) is 0 Å². The molecular formula is C18H28N6O2. The molecule has 2 aliphatic rings. The third kappa shape index (κ3) is 5.60. The molecule has 8 heteroatoms. The van der Waals surface area contributed by atoms with Crippen molar-refractivity contribution in [1.29, 1.82) is 0 Å². The molecular weight excluding hydrogens is 332 g/mol. The summed E-state index contributed by atoms with van der Waals surface area (Å²) in [6.07, 6.45) is 3.69. The smallest absolute Gasteiger partial charge is 0.319 e. The van der Waals surface area contributed by atoms with E-state index >= 15 is 0 Å². The number of para-hydroxylation sites is 2. The first-order valence-electron chi connectivity index (χ1n) is 9.36. The van der Waals surface area contributed by atoms with Crippen molar-refractivity contribution in [3.63, 3.8) is 0 Å². The van der Waals surface area contributed by atoms with E-state index in [1.807, 2.05) is 12.1 Å². The highest BCUT2D eigenvalue weighted by molar-refractivity contribution is 5.98. The molecule has 0 atom stereocenters. The number of carbonyl (C=O) groups is 2. The SMILES string of the molecule is O=C(Nc1ccccc1NC(=O)NC1CCNCC1)NC1CCNCC1. The highest BCUT2D eigenvalue weighted by atomic mass is 16.2. The minimum Gasteiger partial charge on any atom is -0.335 e. The largest absolute Gasteiger partial charge is 0.335 e. The van der Waals surface area contributed by atoms with E-state index in [2.05, 4.69) is 31.9 Å². The van der Waals surface area contributed by atoms with Gasteiger partial charge in [0.1, 0.15) is 0 Å². The van der Waals surface area contributed by atoms with Crippen molar-refractivity contribution in [3.8, 4) is 0 Å². The molecule has 2 heterocycles. The fourth-order valence-corrected chi connectivity index (χ4v) is 3.32. The Morgan fingerprint density at radius 1 is 0.731 bits per heavy atom. The number of hydrogen-bond donors (Lipinski definition) is 6. The van der Waals surface area contributed by atoms with E-state index in [1.54, 1.807) is 12.1 Å². The summed E-state index contributed by atoms with van der Waals surface area (Å²) in [5.74, 6) is 0. The Hall–Kier alpha value is -2.32. The topological polar surface area (TPSA) is 106 Å². The average Bonchev–Trinajstić information content (AvgIpc) is 2.65. The molecule has 2 fully saturated rings. The molecule has 0 spiro atoms. The zero-order valence-corrected chi connectivity index (χ0v) is 14.9. The maximum Gasteiger partial charge on any atom is 0.319 e. The monoisotopic (exact) mass is 360 g/mol. The number of hydrogen-bond acceptors (Lipinski definition) is 4. The van der Waals surface area contributed by atoms with Gasteiger partial charge in [-0.1, -0.05) is 12.1 Å². The highest BCUT2D eigenvalue weighted by Gasteiger charge is 2.18. The number of urea groups is 2. The molecule has 142 valence electrons. The summed E-state index contributed by atoms with van der Waals surface area (Å²) in [4.78, 5) is 24.5. The molecule has 26 heavy (non-hydrogen) atoms. The fraction of sp³-hybridized carbons (Fsp3) is 0.556. The van der Waals surface area contributed by atoms with Crippen LogP contribution in [0.15, 0.2) is 24.3 Å². The van der Waals surface area contributed by atoms with E-state index in [9.17, 15) is 9.59 Å². The van der Waals surface area contributed by atoms with Gasteiger partial charge in [0.15, 0.2) is 0 Å². The van der Waals surface area contributed by atoms with Gasteiger partial charge in [-0.25, -0.2) is 9.59 Å². The van der Waals surface area contributed by atoms with Crippen LogP contribution in [-0.4, -0.2) is 50.3 Å². The van der Waals surface area contributed by atoms with Gasteiger partial charge in [0.05, 0.1) is 11.4 Å². The Balaban J connectivity index is 1.53. The minimum atomic E-state index is -0.245. The summed E-state index contributed by atoms with van der Waals surface area (Å²) in [5.41, 5.74) is 1.17. The van der Waals surface area contributed by atoms with Gasteiger partial charge in [0, 0.05) is 12.1 Å². The van der Waals surface area contributed by atoms with Crippen LogP contribution < -0.4 is 31.9 Å². The van der Waals surface area contributed by atoms with Crippen molar-refractivity contribution < 1.29 is 9.59 Å². The molecule has 1 aromatic carbocycles. The molecule has 2 saturated heterocycles. The highest BCUT2D eigenvalue weighted by Crippen LogP contribution is 2.21. The number of benzene rings is 1. The number of piperidine rings is 2. The molecule has 1 aromatic rings. The third-order valence-electron chi connectivity index (χ3n) is 4.77. The van der Waals surface area contributed by atoms with Crippen LogP contribution in [0.1, 0.15) is 25.7 Å². The van der Waals surface area contributed by atoms with Crippen LogP contribution in [0.2, 0.25) is 0 Å². The Morgan fingerprint density at radius 3 is 1.50 bits per heavy atom. The van der Waals surface area contributed by atoms with Crippen LogP contribution in [0, 0.1) is 0 Å². The van der Waals surface area contributed by atoms with Crippen LogP contribution >= 0.6 is 0 Å². The summed E-state index contributed by atoms with van der Waals surface area (Å²) in [6.45, 7) is 3.67. The van der Waals surface area contributed by atoms with Gasteiger partial charge < -0.3 is 31.9 Å². The molecule has 0 aromatic heterocycles. The lowest BCUT2D eigenvalue weighted by Crippen LogP contribution is -2.45. The number of rotatable bonds is 4. The van der Waals surface area contributed by atoms with Crippen molar-refractivity contribution in [2.24, 2.45) is 0 Å². The Morgan fingerprint density at radius 2 is 1.12 bits per heavy atom. The molecule has 4 amide bonds. The Labute approximate surface area is 153 Å². The van der Waals surface area contributed by atoms with Crippen LogP contribution in [-0.2, 0) is 0 Å². The van der Waals surface area contributed by atoms with E-state index in [-0.39, 0.29) is 24.1 Å². The summed E-state index contributed by atoms with van der Waals surface area (Å²) >= 11 is 0. The second-order valence-electron chi connectivity index (χ2n) is 6.79. The second-order valence-corrected chi connectivity index (χ2v) is 6.79. The first-order valence-corrected chi connectivity index (χ1v) is 9.36. The fourth-order valence-electron chi connectivity index (χ4n) is 3.32. The maximum atomic E-state index is 12.3. The van der Waals surface area contributed by atoms with Crippen molar-refractivity contribution in [3.05, 3.63) is 24.3 Å². The lowest BCUT2D eigenvalue weighted by molar-refractivity contribution is 0.243. The molecule has 3 rings (SSSR count). The maximum absolute atomic E-state index is 12.3. The van der Waals surface area contributed by atoms with Crippen molar-refractivity contribution >= 4 is 23.4 Å². The predicted octanol–water partition coefficient (Wildman–Crippen LogP) is 1.43. The Bertz CT molecular complexity index is 558. The van der Waals surface area contributed by atoms with Crippen LogP contribution in [0.5, 0.6) is 0 Å². The summed E-state index contributed by atoms with van der Waals surface area (Å²) < 4.78 is 0. The molecule has 6 N–H and O–H groups in total. The average molecular weight is 360 g/mol. The van der Waals surface area contributed by atoms with Crippen molar-refractivity contribution in [2.75, 3.05) is 36.8 Å². The zero-order valence-electron chi connectivity index (χ0n) is 14.9. The normalized spacial score (nSPS) is 18.8. The molecule has 0 radical (unpaired) electrons. The van der Waals surface area contributed by atoms with Crippen molar-refractivity contribution in [2.45, 2.75) is 37.8 Å². The van der Waals surface area contributed by atoms with Crippen LogP contribution in [0.4, 0.5) is 21.0 Å². The van der Waals surface area contributed by atoms with Gasteiger partial charge in [-0.15, -0.1) is 0 Å². The van der Waals surface area contributed by atoms with Crippen LogP contribution in [0.3, 0.4) is 0 Å². The number of carbonyl (C=O) groups excluding carboxylic acids is 2. The quantitative estimate of drug-likeness (QED) is 0.488. The third-order valence-corrected chi connectivity index (χ3v) is 4.77. The number of amides is 4.